The maximum absolute atomic E-state index is 9.17. The van der Waals surface area contributed by atoms with Gasteiger partial charge < -0.3 is 10.5 Å². The fourth-order valence-electron chi connectivity index (χ4n) is 2.03. The summed E-state index contributed by atoms with van der Waals surface area (Å²) < 4.78 is 5.48. The first-order chi connectivity index (χ1) is 7.69. The number of hydrogen-bond acceptors (Lipinski definition) is 4. The SMILES string of the molecule is COC(c1c(N)cnc(C)c1C#N)C1CC1. The van der Waals surface area contributed by atoms with Gasteiger partial charge in [-0.2, -0.15) is 5.26 Å². The Morgan fingerprint density at radius 2 is 2.31 bits per heavy atom. The number of rotatable bonds is 3. The van der Waals surface area contributed by atoms with Gasteiger partial charge in [0.2, 0.25) is 0 Å². The second kappa shape index (κ2) is 4.11. The number of aromatic nitrogens is 1. The molecule has 0 amide bonds. The minimum Gasteiger partial charge on any atom is -0.397 e. The predicted molar refractivity (Wildman–Crippen MR) is 60.6 cm³/mol. The molecule has 1 atom stereocenters. The van der Waals surface area contributed by atoms with Gasteiger partial charge in [-0.05, 0) is 25.7 Å². The molecule has 1 aromatic heterocycles. The summed E-state index contributed by atoms with van der Waals surface area (Å²) >= 11 is 0. The fourth-order valence-corrected chi connectivity index (χ4v) is 2.03. The van der Waals surface area contributed by atoms with Crippen LogP contribution in [0.4, 0.5) is 5.69 Å². The van der Waals surface area contributed by atoms with Gasteiger partial charge in [0.15, 0.2) is 0 Å². The molecule has 0 saturated heterocycles. The van der Waals surface area contributed by atoms with E-state index in [1.54, 1.807) is 13.3 Å². The van der Waals surface area contributed by atoms with Gasteiger partial charge >= 0.3 is 0 Å². The normalized spacial score (nSPS) is 16.8. The Balaban J connectivity index is 2.52. The van der Waals surface area contributed by atoms with Crippen LogP contribution >= 0.6 is 0 Å². The third kappa shape index (κ3) is 1.74. The van der Waals surface area contributed by atoms with Crippen LogP contribution in [0.5, 0.6) is 0 Å². The van der Waals surface area contributed by atoms with Crippen LogP contribution in [0.25, 0.3) is 0 Å². The second-order valence-electron chi connectivity index (χ2n) is 4.19. The quantitative estimate of drug-likeness (QED) is 0.839. The van der Waals surface area contributed by atoms with Gasteiger partial charge in [0.1, 0.15) is 6.07 Å². The number of ether oxygens (including phenoxy) is 1. The first kappa shape index (κ1) is 10.9. The maximum atomic E-state index is 9.17. The number of nitrogen functional groups attached to an aromatic ring is 1. The number of nitrogens with zero attached hydrogens (tertiary/aromatic N) is 2. The summed E-state index contributed by atoms with van der Waals surface area (Å²) in [5.41, 5.74) is 8.58. The standard InChI is InChI=1S/C12H15N3O/c1-7-9(5-13)11(10(14)6-15-7)12(16-2)8-3-4-8/h6,8,12H,3-4,14H2,1-2H3. The lowest BCUT2D eigenvalue weighted by molar-refractivity contribution is 0.0848. The highest BCUT2D eigenvalue weighted by Crippen LogP contribution is 2.45. The molecule has 0 aromatic carbocycles. The van der Waals surface area contributed by atoms with Crippen LogP contribution in [-0.2, 0) is 4.74 Å². The molecule has 4 nitrogen and oxygen atoms in total. The highest BCUT2D eigenvalue weighted by molar-refractivity contribution is 5.56. The predicted octanol–water partition coefficient (Wildman–Crippen LogP) is 1.94. The Labute approximate surface area is 95.0 Å². The average molecular weight is 217 g/mol. The van der Waals surface area contributed by atoms with Gasteiger partial charge in [0, 0.05) is 12.7 Å². The van der Waals surface area contributed by atoms with E-state index in [4.69, 9.17) is 15.7 Å². The van der Waals surface area contributed by atoms with Crippen LogP contribution in [0.2, 0.25) is 0 Å². The third-order valence-corrected chi connectivity index (χ3v) is 3.04. The highest BCUT2D eigenvalue weighted by Gasteiger charge is 2.35. The van der Waals surface area contributed by atoms with Crippen molar-refractivity contribution in [1.82, 2.24) is 4.98 Å². The largest absolute Gasteiger partial charge is 0.397 e. The van der Waals surface area contributed by atoms with Gasteiger partial charge in [-0.1, -0.05) is 0 Å². The Morgan fingerprint density at radius 3 is 2.81 bits per heavy atom. The van der Waals surface area contributed by atoms with Crippen molar-refractivity contribution in [3.63, 3.8) is 0 Å². The van der Waals surface area contributed by atoms with Crippen molar-refractivity contribution in [2.24, 2.45) is 5.92 Å². The summed E-state index contributed by atoms with van der Waals surface area (Å²) in [5, 5.41) is 9.17. The molecule has 2 rings (SSSR count). The summed E-state index contributed by atoms with van der Waals surface area (Å²) in [6.45, 7) is 1.82. The average Bonchev–Trinajstić information content (AvgIpc) is 3.08. The smallest absolute Gasteiger partial charge is 0.102 e. The molecular formula is C12H15N3O. The number of hydrogen-bond donors (Lipinski definition) is 1. The number of anilines is 1. The van der Waals surface area contributed by atoms with Crippen LogP contribution < -0.4 is 5.73 Å². The van der Waals surface area contributed by atoms with Crippen molar-refractivity contribution in [1.29, 1.82) is 5.26 Å². The van der Waals surface area contributed by atoms with E-state index in [9.17, 15) is 0 Å². The Kier molecular flexibility index (Phi) is 2.80. The van der Waals surface area contributed by atoms with Crippen LogP contribution in [0, 0.1) is 24.2 Å². The van der Waals surface area contributed by atoms with Crippen LogP contribution in [-0.4, -0.2) is 12.1 Å². The number of aryl methyl sites for hydroxylation is 1. The highest BCUT2D eigenvalue weighted by atomic mass is 16.5. The van der Waals surface area contributed by atoms with E-state index < -0.39 is 0 Å². The summed E-state index contributed by atoms with van der Waals surface area (Å²) in [6, 6.07) is 2.18. The first-order valence-corrected chi connectivity index (χ1v) is 5.37. The summed E-state index contributed by atoms with van der Waals surface area (Å²) in [4.78, 5) is 4.10. The van der Waals surface area contributed by atoms with Crippen LogP contribution in [0.1, 0.15) is 35.8 Å². The minimum absolute atomic E-state index is 0.0589. The Morgan fingerprint density at radius 1 is 1.62 bits per heavy atom. The Hall–Kier alpha value is -1.60. The van der Waals surface area contributed by atoms with Gasteiger partial charge in [0.25, 0.3) is 0 Å². The number of nitrogens with two attached hydrogens (primary N) is 1. The third-order valence-electron chi connectivity index (χ3n) is 3.04. The molecule has 1 unspecified atom stereocenters. The zero-order valence-corrected chi connectivity index (χ0v) is 9.53. The molecule has 84 valence electrons. The fraction of sp³-hybridized carbons (Fsp3) is 0.500. The van der Waals surface area contributed by atoms with E-state index in [1.807, 2.05) is 6.92 Å². The molecule has 1 saturated carbocycles. The molecule has 2 N–H and O–H groups in total. The second-order valence-corrected chi connectivity index (χ2v) is 4.19. The molecule has 1 aliphatic carbocycles. The molecule has 16 heavy (non-hydrogen) atoms. The molecule has 0 bridgehead atoms. The topological polar surface area (TPSA) is 71.9 Å². The van der Waals surface area contributed by atoms with E-state index in [-0.39, 0.29) is 6.10 Å². The Bertz CT molecular complexity index is 446. The van der Waals surface area contributed by atoms with E-state index >= 15 is 0 Å². The van der Waals surface area contributed by atoms with Crippen LogP contribution in [0.3, 0.4) is 0 Å². The minimum atomic E-state index is -0.0589. The molecule has 0 spiro atoms. The molecule has 1 fully saturated rings. The maximum Gasteiger partial charge on any atom is 0.102 e. The molecule has 0 radical (unpaired) electrons. The van der Waals surface area contributed by atoms with Gasteiger partial charge in [0.05, 0.1) is 29.2 Å². The lowest BCUT2D eigenvalue weighted by Crippen LogP contribution is -2.11. The zero-order valence-electron chi connectivity index (χ0n) is 9.53. The van der Waals surface area contributed by atoms with Gasteiger partial charge in [-0.3, -0.25) is 4.98 Å². The lowest BCUT2D eigenvalue weighted by atomic mass is 9.98. The van der Waals surface area contributed by atoms with Crippen molar-refractivity contribution < 1.29 is 4.74 Å². The molecule has 4 heteroatoms. The van der Waals surface area contributed by atoms with Gasteiger partial charge in [-0.25, -0.2) is 0 Å². The molecule has 1 aliphatic rings. The number of methoxy groups -OCH3 is 1. The summed E-state index contributed by atoms with van der Waals surface area (Å²) in [7, 11) is 1.67. The molecule has 1 heterocycles. The van der Waals surface area contributed by atoms with Crippen molar-refractivity contribution in [3.8, 4) is 6.07 Å². The molecule has 0 aliphatic heterocycles. The number of nitriles is 1. The lowest BCUT2D eigenvalue weighted by Gasteiger charge is -2.19. The van der Waals surface area contributed by atoms with Crippen LogP contribution in [0.15, 0.2) is 6.20 Å². The first-order valence-electron chi connectivity index (χ1n) is 5.37. The zero-order chi connectivity index (χ0) is 11.7. The summed E-state index contributed by atoms with van der Waals surface area (Å²) in [5.74, 6) is 0.501. The van der Waals surface area contributed by atoms with E-state index in [0.717, 1.165) is 24.1 Å². The molecule has 1 aromatic rings. The van der Waals surface area contributed by atoms with Crippen molar-refractivity contribution in [2.45, 2.75) is 25.9 Å². The molecular weight excluding hydrogens is 202 g/mol. The van der Waals surface area contributed by atoms with Crippen molar-refractivity contribution in [3.05, 3.63) is 23.0 Å². The van der Waals surface area contributed by atoms with Crippen molar-refractivity contribution in [2.75, 3.05) is 12.8 Å². The summed E-state index contributed by atoms with van der Waals surface area (Å²) in [6.07, 6.45) is 3.84. The van der Waals surface area contributed by atoms with Crippen molar-refractivity contribution >= 4 is 5.69 Å². The van der Waals surface area contributed by atoms with Gasteiger partial charge in [-0.15, -0.1) is 0 Å². The van der Waals surface area contributed by atoms with E-state index in [0.29, 0.717) is 17.2 Å². The number of pyridine rings is 1. The monoisotopic (exact) mass is 217 g/mol. The van der Waals surface area contributed by atoms with E-state index in [2.05, 4.69) is 11.1 Å². The van der Waals surface area contributed by atoms with E-state index in [1.165, 1.54) is 0 Å².